The molecule has 0 aliphatic carbocycles. The molecule has 2 amide bonds. The first-order chi connectivity index (χ1) is 16.2. The van der Waals surface area contributed by atoms with E-state index in [1.807, 2.05) is 0 Å². The lowest BCUT2D eigenvalue weighted by Crippen LogP contribution is -2.64. The number of hydrogen-bond acceptors (Lipinski definition) is 5. The zero-order valence-electron chi connectivity index (χ0n) is 18.5. The Morgan fingerprint density at radius 3 is 2.50 bits per heavy atom. The summed E-state index contributed by atoms with van der Waals surface area (Å²) < 4.78 is 19.9. The van der Waals surface area contributed by atoms with Gasteiger partial charge in [0.2, 0.25) is 5.91 Å². The molecule has 3 aromatic rings. The Morgan fingerprint density at radius 2 is 1.85 bits per heavy atom. The van der Waals surface area contributed by atoms with Crippen molar-refractivity contribution < 1.29 is 23.5 Å². The summed E-state index contributed by atoms with van der Waals surface area (Å²) in [6, 6.07) is 13.6. The number of esters is 1. The molecule has 1 aliphatic rings. The van der Waals surface area contributed by atoms with Gasteiger partial charge in [0.15, 0.2) is 5.69 Å². The number of rotatable bonds is 6. The minimum absolute atomic E-state index is 0.0305. The molecule has 0 saturated carbocycles. The van der Waals surface area contributed by atoms with Gasteiger partial charge in [0.05, 0.1) is 13.2 Å². The quantitative estimate of drug-likeness (QED) is 0.540. The largest absolute Gasteiger partial charge is 0.461 e. The van der Waals surface area contributed by atoms with Gasteiger partial charge in [-0.3, -0.25) is 19.2 Å². The summed E-state index contributed by atoms with van der Waals surface area (Å²) in [5, 5.41) is 7.64. The van der Waals surface area contributed by atoms with E-state index in [4.69, 9.17) is 16.3 Å². The summed E-state index contributed by atoms with van der Waals surface area (Å²) in [6.07, 6.45) is 0. The average molecular weight is 485 g/mol. The zero-order valence-corrected chi connectivity index (χ0v) is 19.3. The first-order valence-electron chi connectivity index (χ1n) is 10.6. The number of nitrogens with one attached hydrogen (secondary N) is 1. The van der Waals surface area contributed by atoms with Crippen LogP contribution in [0.5, 0.6) is 0 Å². The summed E-state index contributed by atoms with van der Waals surface area (Å²) in [7, 11) is 0. The second kappa shape index (κ2) is 9.26. The summed E-state index contributed by atoms with van der Waals surface area (Å²) >= 11 is 5.92. The standard InChI is InChI=1S/C24H22ClFN4O4/c1-3-34-22(32)19-12-20-21(31)30(18-10-8-17(26)9-11-18)24(2,14-29(20)28-19)23(33)27-13-15-4-6-16(25)7-5-15/h4-12H,3,13-14H2,1-2H3,(H,27,33). The molecule has 1 aliphatic heterocycles. The molecular weight excluding hydrogens is 463 g/mol. The van der Waals surface area contributed by atoms with Crippen molar-refractivity contribution >= 4 is 35.1 Å². The minimum Gasteiger partial charge on any atom is -0.461 e. The fraction of sp³-hybridized carbons (Fsp3) is 0.250. The van der Waals surface area contributed by atoms with Crippen LogP contribution in [0.25, 0.3) is 0 Å². The number of benzene rings is 2. The number of nitrogens with zero attached hydrogens (tertiary/aromatic N) is 3. The topological polar surface area (TPSA) is 93.5 Å². The highest BCUT2D eigenvalue weighted by atomic mass is 35.5. The lowest BCUT2D eigenvalue weighted by atomic mass is 9.94. The summed E-state index contributed by atoms with van der Waals surface area (Å²) in [5.41, 5.74) is -0.181. The number of anilines is 1. The predicted octanol–water partition coefficient (Wildman–Crippen LogP) is 3.59. The number of halogens is 2. The lowest BCUT2D eigenvalue weighted by molar-refractivity contribution is -0.126. The van der Waals surface area contributed by atoms with Crippen LogP contribution in [0.1, 0.15) is 40.4 Å². The number of carbonyl (C=O) groups excluding carboxylic acids is 3. The monoisotopic (exact) mass is 484 g/mol. The molecule has 1 unspecified atom stereocenters. The maximum Gasteiger partial charge on any atom is 0.358 e. The van der Waals surface area contributed by atoms with Gasteiger partial charge in [0, 0.05) is 23.3 Å². The van der Waals surface area contributed by atoms with Crippen LogP contribution in [-0.2, 0) is 22.6 Å². The normalized spacial score (nSPS) is 17.3. The lowest BCUT2D eigenvalue weighted by Gasteiger charge is -2.43. The second-order valence-electron chi connectivity index (χ2n) is 7.99. The average Bonchev–Trinajstić information content (AvgIpc) is 3.24. The van der Waals surface area contributed by atoms with Gasteiger partial charge in [-0.1, -0.05) is 23.7 Å². The molecule has 0 spiro atoms. The molecule has 0 saturated heterocycles. The molecule has 176 valence electrons. The summed E-state index contributed by atoms with van der Waals surface area (Å²) in [6.45, 7) is 3.59. The van der Waals surface area contributed by atoms with Crippen molar-refractivity contribution in [3.05, 3.63) is 82.4 Å². The van der Waals surface area contributed by atoms with Crippen molar-refractivity contribution in [3.63, 3.8) is 0 Å². The number of hydrogen-bond donors (Lipinski definition) is 1. The van der Waals surface area contributed by atoms with Crippen molar-refractivity contribution in [2.75, 3.05) is 11.5 Å². The van der Waals surface area contributed by atoms with Gasteiger partial charge in [0.1, 0.15) is 17.1 Å². The van der Waals surface area contributed by atoms with E-state index in [0.717, 1.165) is 5.56 Å². The first kappa shape index (κ1) is 23.4. The molecule has 4 rings (SSSR count). The van der Waals surface area contributed by atoms with Crippen LogP contribution >= 0.6 is 11.6 Å². The van der Waals surface area contributed by atoms with E-state index in [2.05, 4.69) is 10.4 Å². The Morgan fingerprint density at radius 1 is 1.18 bits per heavy atom. The highest BCUT2D eigenvalue weighted by Crippen LogP contribution is 2.33. The Labute approximate surface area is 200 Å². The van der Waals surface area contributed by atoms with Crippen LogP contribution in [0.15, 0.2) is 54.6 Å². The minimum atomic E-state index is -1.42. The van der Waals surface area contributed by atoms with Gasteiger partial charge in [0.25, 0.3) is 5.91 Å². The van der Waals surface area contributed by atoms with E-state index in [1.54, 1.807) is 38.1 Å². The maximum atomic E-state index is 13.6. The Hall–Kier alpha value is -3.72. The number of carbonyl (C=O) groups is 3. The van der Waals surface area contributed by atoms with Crippen molar-refractivity contribution in [2.24, 2.45) is 0 Å². The van der Waals surface area contributed by atoms with Crippen molar-refractivity contribution in [2.45, 2.75) is 32.5 Å². The molecule has 34 heavy (non-hydrogen) atoms. The molecule has 1 atom stereocenters. The van der Waals surface area contributed by atoms with Crippen LogP contribution in [0.3, 0.4) is 0 Å². The van der Waals surface area contributed by atoms with Crippen molar-refractivity contribution in [1.29, 1.82) is 0 Å². The van der Waals surface area contributed by atoms with Crippen LogP contribution in [0.2, 0.25) is 5.02 Å². The Kier molecular flexibility index (Phi) is 6.39. The molecule has 0 fully saturated rings. The van der Waals surface area contributed by atoms with Gasteiger partial charge in [-0.25, -0.2) is 9.18 Å². The third-order valence-corrected chi connectivity index (χ3v) is 5.83. The summed E-state index contributed by atoms with van der Waals surface area (Å²) in [4.78, 5) is 40.5. The highest BCUT2D eigenvalue weighted by Gasteiger charge is 2.49. The van der Waals surface area contributed by atoms with E-state index in [1.165, 1.54) is 39.9 Å². The molecule has 8 nitrogen and oxygen atoms in total. The fourth-order valence-corrected chi connectivity index (χ4v) is 3.98. The first-order valence-corrected chi connectivity index (χ1v) is 11.0. The predicted molar refractivity (Wildman–Crippen MR) is 123 cm³/mol. The van der Waals surface area contributed by atoms with E-state index in [-0.39, 0.29) is 31.1 Å². The smallest absolute Gasteiger partial charge is 0.358 e. The van der Waals surface area contributed by atoms with E-state index < -0.39 is 29.1 Å². The number of aromatic nitrogens is 2. The molecule has 2 heterocycles. The second-order valence-corrected chi connectivity index (χ2v) is 8.43. The molecule has 1 N–H and O–H groups in total. The van der Waals surface area contributed by atoms with E-state index in [9.17, 15) is 18.8 Å². The van der Waals surface area contributed by atoms with Gasteiger partial charge in [-0.15, -0.1) is 0 Å². The van der Waals surface area contributed by atoms with E-state index >= 15 is 0 Å². The highest BCUT2D eigenvalue weighted by molar-refractivity contribution is 6.30. The third-order valence-electron chi connectivity index (χ3n) is 5.58. The van der Waals surface area contributed by atoms with Crippen LogP contribution in [0, 0.1) is 5.82 Å². The summed E-state index contributed by atoms with van der Waals surface area (Å²) in [5.74, 6) is -2.14. The van der Waals surface area contributed by atoms with Gasteiger partial charge in [-0.2, -0.15) is 5.10 Å². The van der Waals surface area contributed by atoms with Crippen LogP contribution < -0.4 is 10.2 Å². The van der Waals surface area contributed by atoms with Crippen LogP contribution in [-0.4, -0.2) is 39.7 Å². The molecule has 0 radical (unpaired) electrons. The fourth-order valence-electron chi connectivity index (χ4n) is 3.86. The van der Waals surface area contributed by atoms with Crippen molar-refractivity contribution in [3.8, 4) is 0 Å². The molecule has 10 heteroatoms. The Bertz CT molecular complexity index is 1240. The maximum absolute atomic E-state index is 13.6. The zero-order chi connectivity index (χ0) is 24.5. The van der Waals surface area contributed by atoms with Crippen LogP contribution in [0.4, 0.5) is 10.1 Å². The van der Waals surface area contributed by atoms with E-state index in [0.29, 0.717) is 10.7 Å². The van der Waals surface area contributed by atoms with Gasteiger partial charge >= 0.3 is 5.97 Å². The third kappa shape index (κ3) is 4.38. The van der Waals surface area contributed by atoms with Gasteiger partial charge < -0.3 is 10.1 Å². The van der Waals surface area contributed by atoms with Gasteiger partial charge in [-0.05, 0) is 55.8 Å². The SMILES string of the molecule is CCOC(=O)c1cc2n(n1)CC(C)(C(=O)NCc1ccc(Cl)cc1)N(c1ccc(F)cc1)C2=O. The number of amides is 2. The number of ether oxygens (including phenoxy) is 1. The number of fused-ring (bicyclic) bond motifs is 1. The molecule has 2 aromatic carbocycles. The van der Waals surface area contributed by atoms with Crippen molar-refractivity contribution in [1.82, 2.24) is 15.1 Å². The molecule has 0 bridgehead atoms. The Balaban J connectivity index is 1.70. The molecular formula is C24H22ClFN4O4. The molecule has 1 aromatic heterocycles.